The lowest BCUT2D eigenvalue weighted by atomic mass is 9.87. The molecule has 0 bridgehead atoms. The first kappa shape index (κ1) is 49.4. The summed E-state index contributed by atoms with van der Waals surface area (Å²) >= 11 is 24.6. The van der Waals surface area contributed by atoms with E-state index in [-0.39, 0.29) is 54.8 Å². The third-order valence-corrected chi connectivity index (χ3v) is 13.2. The van der Waals surface area contributed by atoms with Crippen LogP contribution in [0.4, 0.5) is 30.7 Å². The summed E-state index contributed by atoms with van der Waals surface area (Å²) in [7, 11) is -4.68. The Morgan fingerprint density at radius 3 is 1.40 bits per heavy atom. The van der Waals surface area contributed by atoms with Gasteiger partial charge < -0.3 is 15.1 Å². The van der Waals surface area contributed by atoms with Crippen molar-refractivity contribution in [2.75, 3.05) is 33.3 Å². The largest absolute Gasteiger partial charge is 0.523 e. The number of amides is 2. The van der Waals surface area contributed by atoms with Crippen LogP contribution in [0.25, 0.3) is 0 Å². The summed E-state index contributed by atoms with van der Waals surface area (Å²) in [6.07, 6.45) is 0.321. The number of hydrogen-bond donors (Lipinski definition) is 1. The lowest BCUT2D eigenvalue weighted by Crippen LogP contribution is -2.41. The highest BCUT2D eigenvalue weighted by Gasteiger charge is 2.50. The monoisotopic (exact) mass is 971 g/mol. The summed E-state index contributed by atoms with van der Waals surface area (Å²) in [5.41, 5.74) is -3.55. The number of carbonyl (C=O) groups excluding carboxylic acids is 2. The minimum Gasteiger partial charge on any atom is -0.335 e. The molecule has 20 heteroatoms. The first-order valence-corrected chi connectivity index (χ1v) is 21.9. The number of fused-ring (bicyclic) bond motifs is 2. The van der Waals surface area contributed by atoms with Crippen LogP contribution in [0, 0.1) is 0 Å². The zero-order valence-corrected chi connectivity index (χ0v) is 37.1. The fraction of sp³-hybridized carbons (Fsp3) is 0.381. The molecule has 2 aliphatic rings. The minimum absolute atomic E-state index is 0.0283. The molecule has 4 aromatic carbocycles. The fourth-order valence-corrected chi connectivity index (χ4v) is 9.12. The summed E-state index contributed by atoms with van der Waals surface area (Å²) in [5, 5.41) is 4.05. The third kappa shape index (κ3) is 10.8. The van der Waals surface area contributed by atoms with E-state index in [0.717, 1.165) is 11.6 Å². The number of alkyl halides is 7. The maximum atomic E-state index is 14.8. The summed E-state index contributed by atoms with van der Waals surface area (Å²) in [5.74, 6) is -7.46. The summed E-state index contributed by atoms with van der Waals surface area (Å²) in [6.45, 7) is 1.48. The zero-order valence-electron chi connectivity index (χ0n) is 33.2. The van der Waals surface area contributed by atoms with Gasteiger partial charge in [0.2, 0.25) is 11.8 Å². The van der Waals surface area contributed by atoms with E-state index in [0.29, 0.717) is 55.3 Å². The molecule has 336 valence electrons. The maximum Gasteiger partial charge on any atom is 0.523 e. The first-order chi connectivity index (χ1) is 28.9. The second-order valence-corrected chi connectivity index (χ2v) is 17.9. The van der Waals surface area contributed by atoms with Crippen LogP contribution in [0.5, 0.6) is 0 Å². The van der Waals surface area contributed by atoms with Crippen LogP contribution >= 0.6 is 46.4 Å². The molecule has 0 radical (unpaired) electrons. The Bertz CT molecular complexity index is 2380. The van der Waals surface area contributed by atoms with E-state index in [2.05, 4.69) is 9.50 Å². The van der Waals surface area contributed by atoms with Crippen LogP contribution in [-0.4, -0.2) is 68.8 Å². The average Bonchev–Trinajstić information content (AvgIpc) is 3.19. The molecule has 4 aromatic rings. The molecule has 2 atom stereocenters. The van der Waals surface area contributed by atoms with Crippen molar-refractivity contribution < 1.29 is 52.9 Å². The average molecular weight is 974 g/mol. The van der Waals surface area contributed by atoms with Crippen molar-refractivity contribution in [3.05, 3.63) is 137 Å². The molecule has 8 nitrogen and oxygen atoms in total. The van der Waals surface area contributed by atoms with Crippen molar-refractivity contribution in [3.63, 3.8) is 0 Å². The van der Waals surface area contributed by atoms with Gasteiger partial charge >= 0.3 is 15.6 Å². The topological polar surface area (TPSA) is 96.0 Å². The van der Waals surface area contributed by atoms with Gasteiger partial charge in [0.05, 0.1) is 31.5 Å². The molecule has 2 aliphatic heterocycles. The maximum absolute atomic E-state index is 14.8. The predicted molar refractivity (Wildman–Crippen MR) is 224 cm³/mol. The van der Waals surface area contributed by atoms with E-state index >= 15 is 0 Å². The van der Waals surface area contributed by atoms with E-state index in [1.807, 2.05) is 13.0 Å². The summed E-state index contributed by atoms with van der Waals surface area (Å²) < 4.78 is 122. The smallest absolute Gasteiger partial charge is 0.335 e. The van der Waals surface area contributed by atoms with Crippen LogP contribution in [0.1, 0.15) is 70.4 Å². The van der Waals surface area contributed by atoms with Crippen LogP contribution in [0.15, 0.2) is 72.8 Å². The normalized spacial score (nSPS) is 16.9. The van der Waals surface area contributed by atoms with Crippen LogP contribution in [0.2, 0.25) is 20.1 Å². The molecule has 0 unspecified atom stereocenters. The molecule has 0 aliphatic carbocycles. The van der Waals surface area contributed by atoms with Gasteiger partial charge in [-0.2, -0.15) is 39.2 Å². The van der Waals surface area contributed by atoms with Crippen LogP contribution in [0.3, 0.4) is 0 Å². The van der Waals surface area contributed by atoms with Gasteiger partial charge in [-0.25, -0.2) is 0 Å². The summed E-state index contributed by atoms with van der Waals surface area (Å²) in [4.78, 5) is 29.1. The van der Waals surface area contributed by atoms with Crippen molar-refractivity contribution in [3.8, 4) is 0 Å². The number of hydrogen-bond acceptors (Lipinski definition) is 6. The molecule has 0 aromatic heterocycles. The number of nitrogens with one attached hydrogen (secondary N) is 1. The molecule has 62 heavy (non-hydrogen) atoms. The Hall–Kier alpha value is -3.64. The van der Waals surface area contributed by atoms with Gasteiger partial charge in [-0.1, -0.05) is 94.9 Å². The van der Waals surface area contributed by atoms with Gasteiger partial charge in [0.1, 0.15) is 6.61 Å². The molecule has 0 saturated heterocycles. The van der Waals surface area contributed by atoms with E-state index in [1.54, 1.807) is 54.3 Å². The lowest BCUT2D eigenvalue weighted by molar-refractivity contribution is -0.133. The Balaban J connectivity index is 0.000000238. The van der Waals surface area contributed by atoms with Crippen LogP contribution < -0.4 is 5.32 Å². The Kier molecular flexibility index (Phi) is 15.6. The Morgan fingerprint density at radius 1 is 0.661 bits per heavy atom. The van der Waals surface area contributed by atoms with E-state index in [9.17, 15) is 48.7 Å². The number of benzene rings is 4. The standard InChI is InChI=1S/C21H18Cl2F5NO4S.C21H22Cl2F2N2O/c1-12-13-4-2-5-16(20(24,25)11-33-34(31,32)21(26,27)28)14(13)8-9-29(12)19(30)10-15-17(22)6-3-7-18(15)23;1-13-14-5-3-6-17(21(24,25)12-26-2)15(14)9-10-27(13)20(28)11-16-18(22)7-4-8-19(16)23/h2-7,12H,8-11H2,1H3;3-8,13,26H,9-12H2,1-2H3/t12-;13-/m00/s1. The molecule has 0 fully saturated rings. The molecule has 2 heterocycles. The SMILES string of the molecule is CNCC(F)(F)c1cccc2c1CCN(C(=O)Cc1c(Cl)cccc1Cl)[C@H]2C.C[C@H]1c2cccc(C(F)(F)COS(=O)(=O)C(F)(F)F)c2CCN1C(=O)Cc1c(Cl)cccc1Cl. The van der Waals surface area contributed by atoms with Gasteiger partial charge in [-0.15, -0.1) is 0 Å². The highest BCUT2D eigenvalue weighted by Crippen LogP contribution is 2.41. The van der Waals surface area contributed by atoms with Crippen molar-refractivity contribution in [2.24, 2.45) is 0 Å². The quantitative estimate of drug-likeness (QED) is 0.0914. The molecule has 0 saturated carbocycles. The highest BCUT2D eigenvalue weighted by atomic mass is 35.5. The van der Waals surface area contributed by atoms with Gasteiger partial charge in [0, 0.05) is 44.3 Å². The van der Waals surface area contributed by atoms with Crippen molar-refractivity contribution >= 4 is 68.3 Å². The number of nitrogens with zero attached hydrogens (tertiary/aromatic N) is 2. The van der Waals surface area contributed by atoms with Gasteiger partial charge in [-0.05, 0) is 91.4 Å². The van der Waals surface area contributed by atoms with E-state index < -0.39 is 52.2 Å². The Labute approximate surface area is 374 Å². The van der Waals surface area contributed by atoms with E-state index in [4.69, 9.17) is 46.4 Å². The van der Waals surface area contributed by atoms with Gasteiger partial charge in [-0.3, -0.25) is 13.8 Å². The number of likely N-dealkylation sites (N-methyl/N-ethyl adjacent to an activating group) is 1. The minimum atomic E-state index is -6.18. The Morgan fingerprint density at radius 2 is 1.03 bits per heavy atom. The first-order valence-electron chi connectivity index (χ1n) is 19.0. The third-order valence-electron chi connectivity index (χ3n) is 10.8. The zero-order chi connectivity index (χ0) is 45.9. The van der Waals surface area contributed by atoms with Gasteiger partial charge in [0.15, 0.2) is 0 Å². The molecule has 6 rings (SSSR count). The predicted octanol–water partition coefficient (Wildman–Crippen LogP) is 10.6. The number of rotatable bonds is 11. The molecule has 1 N–H and O–H groups in total. The van der Waals surface area contributed by atoms with Crippen molar-refractivity contribution in [1.29, 1.82) is 0 Å². The van der Waals surface area contributed by atoms with Crippen LogP contribution in [-0.2, 0) is 61.4 Å². The highest BCUT2D eigenvalue weighted by molar-refractivity contribution is 7.87. The molecule has 2 amide bonds. The van der Waals surface area contributed by atoms with E-state index in [1.165, 1.54) is 30.1 Å². The van der Waals surface area contributed by atoms with Crippen molar-refractivity contribution in [2.45, 2.75) is 69.0 Å². The second kappa shape index (κ2) is 19.6. The van der Waals surface area contributed by atoms with Gasteiger partial charge in [0.25, 0.3) is 11.8 Å². The number of carbonyl (C=O) groups is 2. The molecular formula is C42H40Cl4F7N3O5S. The fourth-order valence-electron chi connectivity index (χ4n) is 7.63. The lowest BCUT2D eigenvalue weighted by Gasteiger charge is -2.37. The van der Waals surface area contributed by atoms with Crippen molar-refractivity contribution in [1.82, 2.24) is 15.1 Å². The second-order valence-electron chi connectivity index (χ2n) is 14.6. The molecule has 0 spiro atoms. The summed E-state index contributed by atoms with van der Waals surface area (Å²) in [6, 6.07) is 17.7. The molecular weight excluding hydrogens is 933 g/mol. The number of halogens is 11.